The molecule has 0 aliphatic carbocycles. The van der Waals surface area contributed by atoms with Crippen LogP contribution in [0.2, 0.25) is 0 Å². The number of hydrogen-bond donors (Lipinski definition) is 3. The molecule has 0 rings (SSSR count). The summed E-state index contributed by atoms with van der Waals surface area (Å²) < 4.78 is 26.3. The quantitative estimate of drug-likeness (QED) is 0.0569. The van der Waals surface area contributed by atoms with Gasteiger partial charge in [-0.25, -0.2) is 4.57 Å². The monoisotopic (exact) mass is 547 g/mol. The van der Waals surface area contributed by atoms with Crippen LogP contribution in [0.3, 0.4) is 0 Å². The van der Waals surface area contributed by atoms with Crippen molar-refractivity contribution < 1.29 is 37.9 Å². The number of hydrogen-bond acceptors (Lipinski definition) is 7. The van der Waals surface area contributed by atoms with Crippen LogP contribution < -0.4 is 5.32 Å². The molecule has 3 N–H and O–H groups in total. The van der Waals surface area contributed by atoms with Gasteiger partial charge >= 0.3 is 13.8 Å². The van der Waals surface area contributed by atoms with E-state index in [1.807, 2.05) is 6.92 Å². The number of rotatable bonds is 25. The molecule has 0 saturated carbocycles. The highest BCUT2D eigenvalue weighted by Crippen LogP contribution is 2.42. The van der Waals surface area contributed by atoms with Crippen LogP contribution in [0.1, 0.15) is 104 Å². The third-order valence-corrected chi connectivity index (χ3v) is 6.35. The molecule has 216 valence electrons. The van der Waals surface area contributed by atoms with Gasteiger partial charge < -0.3 is 20.1 Å². The maximum Gasteiger partial charge on any atom is 0.472 e. The van der Waals surface area contributed by atoms with E-state index in [1.165, 1.54) is 6.42 Å². The van der Waals surface area contributed by atoms with Gasteiger partial charge in [0.25, 0.3) is 0 Å². The van der Waals surface area contributed by atoms with Crippen molar-refractivity contribution in [1.82, 2.24) is 5.32 Å². The third-order valence-electron chi connectivity index (χ3n) is 5.37. The summed E-state index contributed by atoms with van der Waals surface area (Å²) in [6, 6.07) is 0. The van der Waals surface area contributed by atoms with Crippen molar-refractivity contribution in [2.75, 3.05) is 26.4 Å². The minimum Gasteiger partial charge on any atom is -0.463 e. The Morgan fingerprint density at radius 3 is 2.24 bits per heavy atom. The van der Waals surface area contributed by atoms with E-state index in [0.717, 1.165) is 64.2 Å². The topological polar surface area (TPSA) is 131 Å². The lowest BCUT2D eigenvalue weighted by Crippen LogP contribution is -2.27. The highest BCUT2D eigenvalue weighted by Gasteiger charge is 2.23. The molecular formula is C27H50NO8P. The molecule has 37 heavy (non-hydrogen) atoms. The van der Waals surface area contributed by atoms with Gasteiger partial charge in [-0.15, -0.1) is 0 Å². The van der Waals surface area contributed by atoms with E-state index in [0.29, 0.717) is 12.8 Å². The first-order chi connectivity index (χ1) is 17.8. The van der Waals surface area contributed by atoms with E-state index in [2.05, 4.69) is 36.5 Å². The number of aliphatic hydroxyl groups is 1. The van der Waals surface area contributed by atoms with Gasteiger partial charge in [0.05, 0.1) is 13.2 Å². The minimum atomic E-state index is -4.39. The van der Waals surface area contributed by atoms with Crippen LogP contribution >= 0.6 is 7.82 Å². The van der Waals surface area contributed by atoms with Crippen molar-refractivity contribution in [3.63, 3.8) is 0 Å². The standard InChI is InChI=1S/C27H50NO8P/c1-3-5-7-8-9-10-11-12-13-14-15-16-18-19-26(30)28-21-22-35-37(32,33)36-24-25(29)23-34-27(31)20-17-6-4-2/h7-8,10-11,25,29H,3-6,9,12-24H2,1-2H3,(H,28,30)(H,32,33)/b8-7-,11-10-. The number of phosphoric ester groups is 1. The Kier molecular flexibility index (Phi) is 23.8. The van der Waals surface area contributed by atoms with E-state index in [-0.39, 0.29) is 32.1 Å². The van der Waals surface area contributed by atoms with E-state index >= 15 is 0 Å². The molecule has 10 heteroatoms. The van der Waals surface area contributed by atoms with Crippen molar-refractivity contribution in [2.45, 2.75) is 110 Å². The van der Waals surface area contributed by atoms with Crippen molar-refractivity contribution in [3.8, 4) is 0 Å². The zero-order valence-electron chi connectivity index (χ0n) is 22.9. The molecule has 0 aromatic rings. The number of carbonyl (C=O) groups excluding carboxylic acids is 2. The summed E-state index contributed by atoms with van der Waals surface area (Å²) in [5.41, 5.74) is 0. The van der Waals surface area contributed by atoms with Crippen molar-refractivity contribution in [2.24, 2.45) is 0 Å². The number of ether oxygens (including phenoxy) is 1. The van der Waals surface area contributed by atoms with E-state index in [1.54, 1.807) is 0 Å². The van der Waals surface area contributed by atoms with Crippen molar-refractivity contribution >= 4 is 19.7 Å². The maximum absolute atomic E-state index is 11.9. The molecule has 0 fully saturated rings. The van der Waals surface area contributed by atoms with Gasteiger partial charge in [0.15, 0.2) is 0 Å². The van der Waals surface area contributed by atoms with Crippen LogP contribution in [0.5, 0.6) is 0 Å². The molecule has 0 saturated heterocycles. The van der Waals surface area contributed by atoms with Crippen molar-refractivity contribution in [1.29, 1.82) is 0 Å². The second-order valence-corrected chi connectivity index (χ2v) is 10.5. The summed E-state index contributed by atoms with van der Waals surface area (Å²) in [4.78, 5) is 33.0. The zero-order valence-corrected chi connectivity index (χ0v) is 23.8. The first kappa shape index (κ1) is 35.5. The van der Waals surface area contributed by atoms with Gasteiger partial charge in [-0.2, -0.15) is 0 Å². The second kappa shape index (κ2) is 24.8. The molecule has 0 heterocycles. The van der Waals surface area contributed by atoms with Crippen LogP contribution in [0.15, 0.2) is 24.3 Å². The van der Waals surface area contributed by atoms with Gasteiger partial charge in [-0.3, -0.25) is 18.6 Å². The number of amides is 1. The number of allylic oxidation sites excluding steroid dienone is 4. The zero-order chi connectivity index (χ0) is 27.6. The Morgan fingerprint density at radius 2 is 1.51 bits per heavy atom. The molecule has 2 unspecified atom stereocenters. The minimum absolute atomic E-state index is 0.0740. The van der Waals surface area contributed by atoms with Crippen LogP contribution in [0.4, 0.5) is 0 Å². The summed E-state index contributed by atoms with van der Waals surface area (Å²) >= 11 is 0. The smallest absolute Gasteiger partial charge is 0.463 e. The fraction of sp³-hybridized carbons (Fsp3) is 0.778. The Hall–Kier alpha value is -1.51. The molecule has 0 spiro atoms. The Bertz CT molecular complexity index is 683. The van der Waals surface area contributed by atoms with Crippen LogP contribution in [0.25, 0.3) is 0 Å². The lowest BCUT2D eigenvalue weighted by Gasteiger charge is -2.15. The Labute approximate surface area is 223 Å². The fourth-order valence-corrected chi connectivity index (χ4v) is 3.99. The molecule has 0 aliphatic heterocycles. The average molecular weight is 548 g/mol. The number of carbonyl (C=O) groups is 2. The maximum atomic E-state index is 11.9. The predicted octanol–water partition coefficient (Wildman–Crippen LogP) is 5.75. The number of aliphatic hydroxyl groups excluding tert-OH is 1. The molecule has 9 nitrogen and oxygen atoms in total. The van der Waals surface area contributed by atoms with E-state index in [4.69, 9.17) is 13.8 Å². The van der Waals surface area contributed by atoms with Gasteiger partial charge in [-0.05, 0) is 38.5 Å². The fourth-order valence-electron chi connectivity index (χ4n) is 3.24. The Balaban J connectivity index is 3.67. The lowest BCUT2D eigenvalue weighted by molar-refractivity contribution is -0.147. The highest BCUT2D eigenvalue weighted by atomic mass is 31.2. The van der Waals surface area contributed by atoms with Gasteiger partial charge in [0.1, 0.15) is 12.7 Å². The molecular weight excluding hydrogens is 497 g/mol. The van der Waals surface area contributed by atoms with Gasteiger partial charge in [0.2, 0.25) is 5.91 Å². The van der Waals surface area contributed by atoms with Crippen LogP contribution in [-0.4, -0.2) is 54.3 Å². The number of phosphoric acid groups is 1. The summed E-state index contributed by atoms with van der Waals surface area (Å²) in [5, 5.41) is 12.4. The SMILES string of the molecule is CCC/C=C\C/C=C\CCCCCCCC(=O)NCCOP(=O)(O)OCC(O)COC(=O)CCCCC. The van der Waals surface area contributed by atoms with Gasteiger partial charge in [0, 0.05) is 19.4 Å². The normalized spacial score (nSPS) is 14.2. The summed E-state index contributed by atoms with van der Waals surface area (Å²) in [6.07, 6.45) is 20.5. The summed E-state index contributed by atoms with van der Waals surface area (Å²) in [6.45, 7) is 3.22. The number of unbranched alkanes of at least 4 members (excludes halogenated alkanes) is 8. The molecule has 0 bridgehead atoms. The first-order valence-electron chi connectivity index (χ1n) is 13.8. The summed E-state index contributed by atoms with van der Waals surface area (Å²) in [7, 11) is -4.39. The highest BCUT2D eigenvalue weighted by molar-refractivity contribution is 7.47. The third kappa shape index (κ3) is 25.9. The molecule has 2 atom stereocenters. The number of esters is 1. The molecule has 0 aromatic carbocycles. The van der Waals surface area contributed by atoms with E-state index in [9.17, 15) is 24.2 Å². The van der Waals surface area contributed by atoms with Gasteiger partial charge in [-0.1, -0.05) is 76.7 Å². The first-order valence-corrected chi connectivity index (χ1v) is 15.3. The number of nitrogens with one attached hydrogen (secondary N) is 1. The van der Waals surface area contributed by atoms with Crippen LogP contribution in [-0.2, 0) is 27.9 Å². The Morgan fingerprint density at radius 1 is 0.838 bits per heavy atom. The second-order valence-electron chi connectivity index (χ2n) is 9.02. The largest absolute Gasteiger partial charge is 0.472 e. The average Bonchev–Trinajstić information content (AvgIpc) is 2.87. The summed E-state index contributed by atoms with van der Waals surface area (Å²) in [5.74, 6) is -0.562. The van der Waals surface area contributed by atoms with E-state index < -0.39 is 26.5 Å². The molecule has 0 aromatic heterocycles. The molecule has 0 aliphatic rings. The lowest BCUT2D eigenvalue weighted by atomic mass is 10.1. The van der Waals surface area contributed by atoms with Crippen molar-refractivity contribution in [3.05, 3.63) is 24.3 Å². The predicted molar refractivity (Wildman–Crippen MR) is 146 cm³/mol. The van der Waals surface area contributed by atoms with Crippen LogP contribution in [0, 0.1) is 0 Å². The molecule has 0 radical (unpaired) electrons. The molecule has 1 amide bonds.